The van der Waals surface area contributed by atoms with Crippen molar-refractivity contribution in [2.75, 3.05) is 6.61 Å². The second-order valence-corrected chi connectivity index (χ2v) is 6.83. The molecule has 134 valence electrons. The van der Waals surface area contributed by atoms with Gasteiger partial charge in [0, 0.05) is 22.4 Å². The molecule has 0 bridgehead atoms. The minimum Gasteiger partial charge on any atom is -0.479 e. The molecule has 0 saturated heterocycles. The fourth-order valence-corrected chi connectivity index (χ4v) is 3.38. The quantitative estimate of drug-likeness (QED) is 0.613. The van der Waals surface area contributed by atoms with Crippen molar-refractivity contribution >= 4 is 23.3 Å². The summed E-state index contributed by atoms with van der Waals surface area (Å²) in [6.45, 7) is 0.400. The Morgan fingerprint density at radius 2 is 1.96 bits per heavy atom. The molecule has 1 aromatic heterocycles. The molecule has 0 aliphatic heterocycles. The lowest BCUT2D eigenvalue weighted by atomic mass is 10.2. The molecule has 0 atom stereocenters. The third-order valence-electron chi connectivity index (χ3n) is 3.75. The summed E-state index contributed by atoms with van der Waals surface area (Å²) < 4.78 is 5.26. The van der Waals surface area contributed by atoms with E-state index >= 15 is 0 Å². The number of nitrogens with one attached hydrogen (secondary N) is 1. The third-order valence-corrected chi connectivity index (χ3v) is 4.85. The molecule has 1 heterocycles. The van der Waals surface area contributed by atoms with Crippen molar-refractivity contribution < 1.29 is 9.53 Å². The number of thiophene rings is 1. The van der Waals surface area contributed by atoms with Gasteiger partial charge < -0.3 is 10.1 Å². The van der Waals surface area contributed by atoms with E-state index in [1.165, 1.54) is 16.5 Å². The summed E-state index contributed by atoms with van der Waals surface area (Å²) >= 11 is 1.64. The highest BCUT2D eigenvalue weighted by molar-refractivity contribution is 7.16. The van der Waals surface area contributed by atoms with Crippen LogP contribution >= 0.6 is 11.3 Å². The smallest absolute Gasteiger partial charge is 0.244 e. The van der Waals surface area contributed by atoms with Gasteiger partial charge in [0.1, 0.15) is 11.8 Å². The zero-order valence-corrected chi connectivity index (χ0v) is 15.4. The number of hydrogen-bond acceptors (Lipinski definition) is 4. The Morgan fingerprint density at radius 3 is 2.78 bits per heavy atom. The fraction of sp³-hybridized carbons (Fsp3) is 0.0909. The van der Waals surface area contributed by atoms with E-state index in [0.29, 0.717) is 12.3 Å². The molecule has 0 spiro atoms. The SMILES string of the molecule is N#CCOc1cccc(CNC(=O)/C=C/c2ccc(-c3ccccc3)s2)c1. The Morgan fingerprint density at radius 1 is 1.11 bits per heavy atom. The van der Waals surface area contributed by atoms with E-state index in [4.69, 9.17) is 10.00 Å². The van der Waals surface area contributed by atoms with Crippen molar-refractivity contribution in [2.45, 2.75) is 6.54 Å². The standard InChI is InChI=1S/C22H18N2O2S/c23-13-14-26-19-8-4-5-17(15-19)16-24-22(25)12-10-20-9-11-21(27-20)18-6-2-1-3-7-18/h1-12,15H,14,16H2,(H,24,25)/b12-10+. The molecule has 0 saturated carbocycles. The summed E-state index contributed by atoms with van der Waals surface area (Å²) in [5.41, 5.74) is 2.08. The van der Waals surface area contributed by atoms with E-state index in [1.54, 1.807) is 17.4 Å². The van der Waals surface area contributed by atoms with E-state index < -0.39 is 0 Å². The Kier molecular flexibility index (Phi) is 6.40. The van der Waals surface area contributed by atoms with Crippen LogP contribution in [0.1, 0.15) is 10.4 Å². The Balaban J connectivity index is 1.54. The van der Waals surface area contributed by atoms with Gasteiger partial charge in [-0.1, -0.05) is 42.5 Å². The average molecular weight is 374 g/mol. The lowest BCUT2D eigenvalue weighted by Crippen LogP contribution is -2.20. The van der Waals surface area contributed by atoms with Crippen LogP contribution in [-0.2, 0) is 11.3 Å². The first-order chi connectivity index (χ1) is 13.2. The van der Waals surface area contributed by atoms with Gasteiger partial charge in [0.2, 0.25) is 5.91 Å². The number of ether oxygens (including phenoxy) is 1. The minimum atomic E-state index is -0.159. The zero-order valence-electron chi connectivity index (χ0n) is 14.6. The van der Waals surface area contributed by atoms with Gasteiger partial charge in [-0.05, 0) is 41.5 Å². The number of carbonyl (C=O) groups is 1. The van der Waals surface area contributed by atoms with Gasteiger partial charge in [-0.15, -0.1) is 11.3 Å². The first-order valence-corrected chi connectivity index (χ1v) is 9.26. The van der Waals surface area contributed by atoms with Crippen LogP contribution in [0, 0.1) is 11.3 Å². The lowest BCUT2D eigenvalue weighted by Gasteiger charge is -2.05. The molecule has 0 aliphatic carbocycles. The van der Waals surface area contributed by atoms with Crippen LogP contribution in [0.2, 0.25) is 0 Å². The number of rotatable bonds is 7. The molecule has 1 amide bonds. The van der Waals surface area contributed by atoms with Crippen LogP contribution in [-0.4, -0.2) is 12.5 Å². The molecule has 0 aliphatic rings. The maximum Gasteiger partial charge on any atom is 0.244 e. The van der Waals surface area contributed by atoms with Crippen LogP contribution in [0.25, 0.3) is 16.5 Å². The van der Waals surface area contributed by atoms with Crippen molar-refractivity contribution in [3.63, 3.8) is 0 Å². The van der Waals surface area contributed by atoms with Gasteiger partial charge in [0.25, 0.3) is 0 Å². The second-order valence-electron chi connectivity index (χ2n) is 5.71. The highest BCUT2D eigenvalue weighted by Crippen LogP contribution is 2.28. The predicted molar refractivity (Wildman–Crippen MR) is 108 cm³/mol. The summed E-state index contributed by atoms with van der Waals surface area (Å²) in [6.07, 6.45) is 3.36. The number of nitrogens with zero attached hydrogens (tertiary/aromatic N) is 1. The van der Waals surface area contributed by atoms with Crippen LogP contribution in [0.3, 0.4) is 0 Å². The number of nitriles is 1. The maximum absolute atomic E-state index is 12.1. The van der Waals surface area contributed by atoms with Crippen molar-refractivity contribution in [3.8, 4) is 22.3 Å². The molecular weight excluding hydrogens is 356 g/mol. The van der Waals surface area contributed by atoms with Gasteiger partial charge in [0.05, 0.1) is 0 Å². The van der Waals surface area contributed by atoms with Gasteiger partial charge in [-0.25, -0.2) is 0 Å². The molecule has 0 radical (unpaired) electrons. The normalized spacial score (nSPS) is 10.5. The molecular formula is C22H18N2O2S. The molecule has 0 unspecified atom stereocenters. The first kappa shape index (κ1) is 18.4. The van der Waals surface area contributed by atoms with E-state index in [0.717, 1.165) is 10.4 Å². The van der Waals surface area contributed by atoms with Crippen LogP contribution in [0.5, 0.6) is 5.75 Å². The van der Waals surface area contributed by atoms with Crippen molar-refractivity contribution in [1.29, 1.82) is 5.26 Å². The zero-order chi connectivity index (χ0) is 18.9. The van der Waals surface area contributed by atoms with Gasteiger partial charge in [-0.3, -0.25) is 4.79 Å². The van der Waals surface area contributed by atoms with Crippen LogP contribution < -0.4 is 10.1 Å². The summed E-state index contributed by atoms with van der Waals surface area (Å²) in [5, 5.41) is 11.4. The van der Waals surface area contributed by atoms with E-state index in [2.05, 4.69) is 23.5 Å². The molecule has 1 N–H and O–H groups in total. The molecule has 3 rings (SSSR count). The fourth-order valence-electron chi connectivity index (χ4n) is 2.47. The van der Waals surface area contributed by atoms with Gasteiger partial charge >= 0.3 is 0 Å². The highest BCUT2D eigenvalue weighted by Gasteiger charge is 2.02. The maximum atomic E-state index is 12.1. The van der Waals surface area contributed by atoms with Crippen LogP contribution in [0.4, 0.5) is 0 Å². The summed E-state index contributed by atoms with van der Waals surface area (Å²) in [6, 6.07) is 23.5. The van der Waals surface area contributed by atoms with Crippen molar-refractivity contribution in [3.05, 3.63) is 83.2 Å². The molecule has 2 aromatic carbocycles. The highest BCUT2D eigenvalue weighted by atomic mass is 32.1. The second kappa shape index (κ2) is 9.37. The average Bonchev–Trinajstić information content (AvgIpc) is 3.19. The minimum absolute atomic E-state index is 0.00430. The summed E-state index contributed by atoms with van der Waals surface area (Å²) in [5.74, 6) is 0.457. The molecule has 5 heteroatoms. The topological polar surface area (TPSA) is 62.1 Å². The van der Waals surface area contributed by atoms with Crippen LogP contribution in [0.15, 0.2) is 72.8 Å². The number of benzene rings is 2. The third kappa shape index (κ3) is 5.56. The van der Waals surface area contributed by atoms with E-state index in [-0.39, 0.29) is 12.5 Å². The summed E-state index contributed by atoms with van der Waals surface area (Å²) in [7, 11) is 0. The number of amides is 1. The van der Waals surface area contributed by atoms with E-state index in [1.807, 2.05) is 54.6 Å². The summed E-state index contributed by atoms with van der Waals surface area (Å²) in [4.78, 5) is 14.3. The molecule has 27 heavy (non-hydrogen) atoms. The Labute approximate surface area is 162 Å². The number of carbonyl (C=O) groups excluding carboxylic acids is 1. The molecule has 0 fully saturated rings. The van der Waals surface area contributed by atoms with Gasteiger partial charge in [0.15, 0.2) is 6.61 Å². The lowest BCUT2D eigenvalue weighted by molar-refractivity contribution is -0.116. The first-order valence-electron chi connectivity index (χ1n) is 8.44. The monoisotopic (exact) mass is 374 g/mol. The number of hydrogen-bond donors (Lipinski definition) is 1. The Bertz CT molecular complexity index is 971. The van der Waals surface area contributed by atoms with Crippen molar-refractivity contribution in [2.24, 2.45) is 0 Å². The van der Waals surface area contributed by atoms with Crippen molar-refractivity contribution in [1.82, 2.24) is 5.32 Å². The van der Waals surface area contributed by atoms with E-state index in [9.17, 15) is 4.79 Å². The molecule has 4 nitrogen and oxygen atoms in total. The Hall–Kier alpha value is -3.36. The largest absolute Gasteiger partial charge is 0.479 e. The van der Waals surface area contributed by atoms with Gasteiger partial charge in [-0.2, -0.15) is 5.26 Å². The molecule has 3 aromatic rings. The predicted octanol–water partition coefficient (Wildman–Crippen LogP) is 4.65.